The van der Waals surface area contributed by atoms with Gasteiger partial charge in [0.1, 0.15) is 42.7 Å². The summed E-state index contributed by atoms with van der Waals surface area (Å²) in [5.74, 6) is 0. The van der Waals surface area contributed by atoms with Crippen LogP contribution in [0.15, 0.2) is 0 Å². The molecule has 25 heavy (non-hydrogen) atoms. The van der Waals surface area contributed by atoms with Crippen molar-refractivity contribution in [3.8, 4) is 0 Å². The molecule has 10 atom stereocenters. The summed E-state index contributed by atoms with van der Waals surface area (Å²) in [5.41, 5.74) is 0. The van der Waals surface area contributed by atoms with Gasteiger partial charge in [0.15, 0.2) is 12.6 Å². The summed E-state index contributed by atoms with van der Waals surface area (Å²) >= 11 is 0. The number of ether oxygens (including phenoxy) is 4. The van der Waals surface area contributed by atoms with Crippen LogP contribution in [-0.4, -0.2) is 117 Å². The topological polar surface area (TPSA) is 179 Å². The fourth-order valence-corrected chi connectivity index (χ4v) is 2.54. The van der Waals surface area contributed by atoms with Crippen molar-refractivity contribution in [3.63, 3.8) is 0 Å². The lowest BCUT2D eigenvalue weighted by atomic mass is 9.99. The van der Waals surface area contributed by atoms with Crippen LogP contribution in [0.4, 0.5) is 0 Å². The first-order chi connectivity index (χ1) is 11.7. The van der Waals surface area contributed by atoms with E-state index in [-0.39, 0.29) is 19.8 Å². The molecule has 0 radical (unpaired) electrons. The van der Waals surface area contributed by atoms with Crippen LogP contribution in [0.2, 0.25) is 0 Å². The number of hydrogen-bond donors (Lipinski definition) is 7. The van der Waals surface area contributed by atoms with Gasteiger partial charge in [0.25, 0.3) is 0 Å². The first-order valence-corrected chi connectivity index (χ1v) is 7.99. The second kappa shape index (κ2) is 8.97. The Labute approximate surface area is 143 Å². The summed E-state index contributed by atoms with van der Waals surface area (Å²) in [6.45, 7) is 0.692. The van der Waals surface area contributed by atoms with Gasteiger partial charge in [-0.2, -0.15) is 0 Å². The maximum atomic E-state index is 9.98. The Morgan fingerprint density at radius 2 is 1.52 bits per heavy atom. The van der Waals surface area contributed by atoms with Gasteiger partial charge in [0.05, 0.1) is 25.9 Å². The summed E-state index contributed by atoms with van der Waals surface area (Å²) in [4.78, 5) is 0. The van der Waals surface area contributed by atoms with E-state index in [1.807, 2.05) is 0 Å². The number of aliphatic hydroxyl groups is 7. The smallest absolute Gasteiger partial charge is 0.186 e. The van der Waals surface area contributed by atoms with Crippen LogP contribution < -0.4 is 0 Å². The van der Waals surface area contributed by atoms with Crippen molar-refractivity contribution >= 4 is 0 Å². The highest BCUT2D eigenvalue weighted by molar-refractivity contribution is 4.90. The first-order valence-electron chi connectivity index (χ1n) is 7.99. The molecule has 2 heterocycles. The van der Waals surface area contributed by atoms with E-state index in [4.69, 9.17) is 18.9 Å². The summed E-state index contributed by atoms with van der Waals surface area (Å²) in [6.07, 6.45) is -13.3. The third-order valence-corrected chi connectivity index (χ3v) is 4.05. The van der Waals surface area contributed by atoms with Crippen molar-refractivity contribution in [2.24, 2.45) is 0 Å². The molecule has 2 saturated heterocycles. The van der Waals surface area contributed by atoms with Gasteiger partial charge >= 0.3 is 0 Å². The van der Waals surface area contributed by atoms with Crippen LogP contribution in [-0.2, 0) is 18.9 Å². The summed E-state index contributed by atoms with van der Waals surface area (Å²) in [6, 6.07) is 0. The second-order valence-corrected chi connectivity index (χ2v) is 6.28. The molecule has 2 aliphatic heterocycles. The average molecular weight is 370 g/mol. The van der Waals surface area contributed by atoms with Gasteiger partial charge < -0.3 is 54.7 Å². The van der Waals surface area contributed by atoms with Gasteiger partial charge in [-0.1, -0.05) is 0 Å². The Kier molecular flexibility index (Phi) is 7.49. The van der Waals surface area contributed by atoms with Crippen molar-refractivity contribution in [2.75, 3.05) is 19.8 Å². The van der Waals surface area contributed by atoms with E-state index in [9.17, 15) is 35.7 Å². The summed E-state index contributed by atoms with van der Waals surface area (Å²) in [7, 11) is 0. The molecular formula is C14H26O11. The minimum Gasteiger partial charge on any atom is -0.391 e. The molecule has 0 aromatic heterocycles. The van der Waals surface area contributed by atoms with E-state index >= 15 is 0 Å². The van der Waals surface area contributed by atoms with Crippen molar-refractivity contribution in [1.29, 1.82) is 0 Å². The Bertz CT molecular complexity index is 408. The molecule has 11 heteroatoms. The summed E-state index contributed by atoms with van der Waals surface area (Å²) < 4.78 is 20.8. The normalized spacial score (nSPS) is 46.8. The van der Waals surface area contributed by atoms with E-state index in [0.717, 1.165) is 0 Å². The molecule has 2 fully saturated rings. The van der Waals surface area contributed by atoms with E-state index < -0.39 is 61.4 Å². The second-order valence-electron chi connectivity index (χ2n) is 6.28. The fraction of sp³-hybridized carbons (Fsp3) is 1.00. The molecule has 2 aliphatic rings. The van der Waals surface area contributed by atoms with Crippen LogP contribution in [0.3, 0.4) is 0 Å². The van der Waals surface area contributed by atoms with Crippen LogP contribution in [0.1, 0.15) is 6.92 Å². The van der Waals surface area contributed by atoms with Gasteiger partial charge in [0, 0.05) is 0 Å². The number of hydrogen-bond acceptors (Lipinski definition) is 11. The lowest BCUT2D eigenvalue weighted by Gasteiger charge is -2.41. The first kappa shape index (κ1) is 20.9. The van der Waals surface area contributed by atoms with Gasteiger partial charge in [-0.25, -0.2) is 0 Å². The molecule has 148 valence electrons. The number of rotatable bonds is 6. The molecule has 0 bridgehead atoms. The van der Waals surface area contributed by atoms with Crippen LogP contribution in [0, 0.1) is 0 Å². The third-order valence-electron chi connectivity index (χ3n) is 4.05. The lowest BCUT2D eigenvalue weighted by Crippen LogP contribution is -2.60. The van der Waals surface area contributed by atoms with Gasteiger partial charge in [-0.3, -0.25) is 0 Å². The molecule has 7 N–H and O–H groups in total. The predicted octanol–water partition coefficient (Wildman–Crippen LogP) is -4.35. The Balaban J connectivity index is 1.91. The van der Waals surface area contributed by atoms with Gasteiger partial charge in [0.2, 0.25) is 0 Å². The molecule has 0 spiro atoms. The Morgan fingerprint density at radius 3 is 2.16 bits per heavy atom. The minimum atomic E-state index is -1.58. The van der Waals surface area contributed by atoms with E-state index in [1.165, 1.54) is 6.92 Å². The van der Waals surface area contributed by atoms with Crippen molar-refractivity contribution in [1.82, 2.24) is 0 Å². The molecule has 0 saturated carbocycles. The third kappa shape index (κ3) is 5.05. The minimum absolute atomic E-state index is 0.160. The monoisotopic (exact) mass is 370 g/mol. The molecule has 0 aromatic carbocycles. The summed E-state index contributed by atoms with van der Waals surface area (Å²) in [5, 5.41) is 67.7. The molecular weight excluding hydrogens is 344 g/mol. The molecule has 0 unspecified atom stereocenters. The molecule has 2 rings (SSSR count). The zero-order chi connectivity index (χ0) is 18.7. The zero-order valence-corrected chi connectivity index (χ0v) is 13.7. The van der Waals surface area contributed by atoms with Crippen LogP contribution in [0.25, 0.3) is 0 Å². The highest BCUT2D eigenvalue weighted by Gasteiger charge is 2.45. The predicted molar refractivity (Wildman–Crippen MR) is 78.0 cm³/mol. The quantitative estimate of drug-likeness (QED) is 0.240. The van der Waals surface area contributed by atoms with Crippen molar-refractivity contribution in [2.45, 2.75) is 68.3 Å². The Morgan fingerprint density at radius 1 is 0.880 bits per heavy atom. The molecule has 0 aliphatic carbocycles. The molecule has 11 nitrogen and oxygen atoms in total. The van der Waals surface area contributed by atoms with Crippen molar-refractivity contribution < 1.29 is 54.7 Å². The lowest BCUT2D eigenvalue weighted by molar-refractivity contribution is -0.322. The number of aliphatic hydroxyl groups excluding tert-OH is 7. The van der Waals surface area contributed by atoms with Crippen LogP contribution in [0.5, 0.6) is 0 Å². The van der Waals surface area contributed by atoms with E-state index in [0.29, 0.717) is 0 Å². The molecule has 0 aromatic rings. The largest absolute Gasteiger partial charge is 0.391 e. The van der Waals surface area contributed by atoms with Gasteiger partial charge in [-0.05, 0) is 6.92 Å². The maximum absolute atomic E-state index is 9.98. The molecule has 0 amide bonds. The Hall–Kier alpha value is -0.440. The van der Waals surface area contributed by atoms with Gasteiger partial charge in [-0.15, -0.1) is 0 Å². The van der Waals surface area contributed by atoms with Crippen molar-refractivity contribution in [3.05, 3.63) is 0 Å². The van der Waals surface area contributed by atoms with E-state index in [2.05, 4.69) is 0 Å². The van der Waals surface area contributed by atoms with E-state index in [1.54, 1.807) is 0 Å². The highest BCUT2D eigenvalue weighted by Crippen LogP contribution is 2.24. The maximum Gasteiger partial charge on any atom is 0.186 e. The van der Waals surface area contributed by atoms with Crippen LogP contribution >= 0.6 is 0 Å². The SMILES string of the molecule is C[C@H](O)CO[C@@H]1O[C@H](CO[C@@H]2OC[C@@H](O)[C@H](O)[C@H]2O)[C@@H](O)[C@H](O)[C@H]1O. The average Bonchev–Trinajstić information content (AvgIpc) is 2.57. The zero-order valence-electron chi connectivity index (χ0n) is 13.7. The fourth-order valence-electron chi connectivity index (χ4n) is 2.54. The highest BCUT2D eigenvalue weighted by atomic mass is 16.7. The standard InChI is InChI=1S/C14H26O11/c1-5(15)2-22-14-12(21)10(19)9(18)7(25-14)4-24-13-11(20)8(17)6(16)3-23-13/h5-21H,2-4H2,1H3/t5-,6+,7+,8-,9+,10-,11+,12+,13-,14+/m0/s1.